The van der Waals surface area contributed by atoms with Crippen molar-refractivity contribution in [1.29, 1.82) is 0 Å². The molecule has 1 aromatic carbocycles. The van der Waals surface area contributed by atoms with Crippen LogP contribution in [0.1, 0.15) is 24.8 Å². The SMILES string of the molecule is CSCCC(NC(=O)C(N)CCC(=O)O)C(=O)NCC(=O)NC(Cc1ccccc1)C(=O)O. The summed E-state index contributed by atoms with van der Waals surface area (Å²) in [5, 5.41) is 25.3. The second kappa shape index (κ2) is 14.9. The molecule has 0 aliphatic carbocycles. The Morgan fingerprint density at radius 3 is 2.21 bits per heavy atom. The number of carbonyl (C=O) groups excluding carboxylic acids is 3. The molecule has 1 rings (SSSR count). The number of carbonyl (C=O) groups is 5. The van der Waals surface area contributed by atoms with Gasteiger partial charge in [-0.05, 0) is 30.4 Å². The van der Waals surface area contributed by atoms with Crippen LogP contribution in [-0.2, 0) is 30.4 Å². The van der Waals surface area contributed by atoms with Crippen LogP contribution in [-0.4, -0.2) is 76.6 Å². The Hall–Kier alpha value is -3.12. The molecule has 0 bridgehead atoms. The van der Waals surface area contributed by atoms with E-state index in [9.17, 15) is 29.1 Å². The Kier molecular flexibility index (Phi) is 12.6. The predicted octanol–water partition coefficient (Wildman–Crippen LogP) is -0.655. The first-order valence-corrected chi connectivity index (χ1v) is 11.6. The lowest BCUT2D eigenvalue weighted by molar-refractivity contribution is -0.141. The van der Waals surface area contributed by atoms with Crippen molar-refractivity contribution in [2.24, 2.45) is 5.73 Å². The molecule has 12 heteroatoms. The molecule has 0 heterocycles. The number of amides is 3. The number of hydrogen-bond donors (Lipinski definition) is 6. The quantitative estimate of drug-likeness (QED) is 0.189. The van der Waals surface area contributed by atoms with E-state index in [0.717, 1.165) is 5.56 Å². The Balaban J connectivity index is 2.63. The van der Waals surface area contributed by atoms with Gasteiger partial charge >= 0.3 is 11.9 Å². The molecule has 0 aromatic heterocycles. The first-order chi connectivity index (χ1) is 15.6. The van der Waals surface area contributed by atoms with E-state index in [-0.39, 0.29) is 25.7 Å². The Bertz CT molecular complexity index is 822. The molecule has 0 fully saturated rings. The standard InChI is InChI=1S/C21H30N4O7S/c1-33-10-9-15(25-19(29)14(22)7-8-18(27)28)20(30)23-12-17(26)24-16(21(31)32)11-13-5-3-2-4-6-13/h2-6,14-16H,7-12,22H2,1H3,(H,23,30)(H,24,26)(H,25,29)(H,27,28)(H,31,32). The van der Waals surface area contributed by atoms with Crippen LogP contribution in [0.25, 0.3) is 0 Å². The first kappa shape index (κ1) is 27.9. The smallest absolute Gasteiger partial charge is 0.326 e. The largest absolute Gasteiger partial charge is 0.481 e. The van der Waals surface area contributed by atoms with Gasteiger partial charge in [0.2, 0.25) is 17.7 Å². The van der Waals surface area contributed by atoms with Gasteiger partial charge in [-0.1, -0.05) is 30.3 Å². The van der Waals surface area contributed by atoms with E-state index in [1.54, 1.807) is 30.3 Å². The number of rotatable bonds is 15. The normalized spacial score (nSPS) is 13.3. The fraction of sp³-hybridized carbons (Fsp3) is 0.476. The maximum atomic E-state index is 12.5. The average molecular weight is 483 g/mol. The van der Waals surface area contributed by atoms with Gasteiger partial charge in [0.25, 0.3) is 0 Å². The number of carboxylic acid groups (broad SMARTS) is 2. The molecular weight excluding hydrogens is 452 g/mol. The van der Waals surface area contributed by atoms with E-state index in [2.05, 4.69) is 16.0 Å². The van der Waals surface area contributed by atoms with E-state index in [0.29, 0.717) is 5.75 Å². The Morgan fingerprint density at radius 1 is 0.970 bits per heavy atom. The summed E-state index contributed by atoms with van der Waals surface area (Å²) in [7, 11) is 0. The average Bonchev–Trinajstić information content (AvgIpc) is 2.78. The minimum Gasteiger partial charge on any atom is -0.481 e. The van der Waals surface area contributed by atoms with Crippen LogP contribution in [0.3, 0.4) is 0 Å². The van der Waals surface area contributed by atoms with Crippen molar-refractivity contribution in [3.63, 3.8) is 0 Å². The lowest BCUT2D eigenvalue weighted by atomic mass is 10.1. The van der Waals surface area contributed by atoms with Crippen molar-refractivity contribution in [3.05, 3.63) is 35.9 Å². The molecular formula is C21H30N4O7S. The van der Waals surface area contributed by atoms with E-state index in [1.807, 2.05) is 6.26 Å². The third kappa shape index (κ3) is 11.3. The number of aliphatic carboxylic acids is 2. The van der Waals surface area contributed by atoms with Crippen LogP contribution in [0.5, 0.6) is 0 Å². The Labute approximate surface area is 195 Å². The lowest BCUT2D eigenvalue weighted by Gasteiger charge is -2.20. The lowest BCUT2D eigenvalue weighted by Crippen LogP contribution is -2.53. The van der Waals surface area contributed by atoms with Gasteiger partial charge < -0.3 is 31.9 Å². The van der Waals surface area contributed by atoms with Crippen LogP contribution in [0.2, 0.25) is 0 Å². The van der Waals surface area contributed by atoms with Crippen molar-refractivity contribution < 1.29 is 34.2 Å². The van der Waals surface area contributed by atoms with Crippen LogP contribution in [0, 0.1) is 0 Å². The van der Waals surface area contributed by atoms with Crippen LogP contribution >= 0.6 is 11.8 Å². The summed E-state index contributed by atoms with van der Waals surface area (Å²) in [6, 6.07) is 5.54. The summed E-state index contributed by atoms with van der Waals surface area (Å²) in [5.74, 6) is -3.76. The zero-order chi connectivity index (χ0) is 24.8. The van der Waals surface area contributed by atoms with Crippen molar-refractivity contribution in [2.75, 3.05) is 18.6 Å². The fourth-order valence-electron chi connectivity index (χ4n) is 2.78. The van der Waals surface area contributed by atoms with Crippen LogP contribution < -0.4 is 21.7 Å². The Morgan fingerprint density at radius 2 is 1.64 bits per heavy atom. The van der Waals surface area contributed by atoms with Crippen molar-refractivity contribution in [3.8, 4) is 0 Å². The van der Waals surface area contributed by atoms with Gasteiger partial charge in [0.1, 0.15) is 12.1 Å². The zero-order valence-corrected chi connectivity index (χ0v) is 19.1. The van der Waals surface area contributed by atoms with E-state index < -0.39 is 54.3 Å². The van der Waals surface area contributed by atoms with Crippen LogP contribution in [0.4, 0.5) is 0 Å². The summed E-state index contributed by atoms with van der Waals surface area (Å²) in [6.45, 7) is -0.478. The number of nitrogens with one attached hydrogen (secondary N) is 3. The van der Waals surface area contributed by atoms with Gasteiger partial charge in [0.05, 0.1) is 12.6 Å². The third-order valence-corrected chi connectivity index (χ3v) is 5.23. The van der Waals surface area contributed by atoms with Gasteiger partial charge in [-0.2, -0.15) is 11.8 Å². The van der Waals surface area contributed by atoms with Crippen molar-refractivity contribution in [1.82, 2.24) is 16.0 Å². The summed E-state index contributed by atoms with van der Waals surface area (Å²) in [5.41, 5.74) is 6.41. The van der Waals surface area contributed by atoms with Crippen LogP contribution in [0.15, 0.2) is 30.3 Å². The molecule has 0 saturated carbocycles. The molecule has 3 atom stereocenters. The molecule has 1 aromatic rings. The van der Waals surface area contributed by atoms with Gasteiger partial charge in [-0.25, -0.2) is 4.79 Å². The number of carboxylic acids is 2. The summed E-state index contributed by atoms with van der Waals surface area (Å²) in [6.07, 6.45) is 1.79. The minimum absolute atomic E-state index is 0.0799. The highest BCUT2D eigenvalue weighted by molar-refractivity contribution is 7.98. The molecule has 0 aliphatic heterocycles. The number of benzene rings is 1. The van der Waals surface area contributed by atoms with E-state index in [4.69, 9.17) is 10.8 Å². The molecule has 182 valence electrons. The van der Waals surface area contributed by atoms with Gasteiger partial charge in [-0.15, -0.1) is 0 Å². The molecule has 0 saturated heterocycles. The predicted molar refractivity (Wildman–Crippen MR) is 122 cm³/mol. The van der Waals surface area contributed by atoms with E-state index in [1.165, 1.54) is 11.8 Å². The van der Waals surface area contributed by atoms with E-state index >= 15 is 0 Å². The second-order valence-electron chi connectivity index (χ2n) is 7.25. The highest BCUT2D eigenvalue weighted by atomic mass is 32.2. The number of hydrogen-bond acceptors (Lipinski definition) is 7. The fourth-order valence-corrected chi connectivity index (χ4v) is 3.25. The maximum Gasteiger partial charge on any atom is 0.326 e. The number of thioether (sulfide) groups is 1. The zero-order valence-electron chi connectivity index (χ0n) is 18.3. The molecule has 0 radical (unpaired) electrons. The van der Waals surface area contributed by atoms with Gasteiger partial charge in [-0.3, -0.25) is 19.2 Å². The minimum atomic E-state index is -1.21. The van der Waals surface area contributed by atoms with Crippen molar-refractivity contribution in [2.45, 2.75) is 43.8 Å². The summed E-state index contributed by atoms with van der Waals surface area (Å²) >= 11 is 1.45. The maximum absolute atomic E-state index is 12.5. The van der Waals surface area contributed by atoms with Crippen molar-refractivity contribution >= 4 is 41.4 Å². The molecule has 7 N–H and O–H groups in total. The molecule has 3 unspecified atom stereocenters. The summed E-state index contributed by atoms with van der Waals surface area (Å²) < 4.78 is 0. The highest BCUT2D eigenvalue weighted by Crippen LogP contribution is 2.05. The molecule has 3 amide bonds. The summed E-state index contributed by atoms with van der Waals surface area (Å²) in [4.78, 5) is 59.1. The first-order valence-electron chi connectivity index (χ1n) is 10.2. The molecule has 0 spiro atoms. The molecule has 0 aliphatic rings. The molecule has 11 nitrogen and oxygen atoms in total. The topological polar surface area (TPSA) is 188 Å². The highest BCUT2D eigenvalue weighted by Gasteiger charge is 2.25. The third-order valence-electron chi connectivity index (χ3n) is 4.59. The monoisotopic (exact) mass is 482 g/mol. The second-order valence-corrected chi connectivity index (χ2v) is 8.23. The number of nitrogens with two attached hydrogens (primary N) is 1. The van der Waals surface area contributed by atoms with Gasteiger partial charge in [0, 0.05) is 12.8 Å². The van der Waals surface area contributed by atoms with Gasteiger partial charge in [0.15, 0.2) is 0 Å². The molecule has 33 heavy (non-hydrogen) atoms.